The molecule has 3 rings (SSSR count). The molecular formula is C15H19N3O3. The fraction of sp³-hybridized carbons (Fsp3) is 0.467. The van der Waals surface area contributed by atoms with Crippen LogP contribution in [-0.2, 0) is 9.59 Å². The number of likely N-dealkylation sites (tertiary alicyclic amines) is 1. The van der Waals surface area contributed by atoms with Crippen molar-refractivity contribution in [2.45, 2.75) is 31.4 Å². The van der Waals surface area contributed by atoms with E-state index in [2.05, 4.69) is 5.32 Å². The molecule has 2 aliphatic rings. The summed E-state index contributed by atoms with van der Waals surface area (Å²) in [5, 5.41) is 3.19. The van der Waals surface area contributed by atoms with E-state index in [1.807, 2.05) is 24.3 Å². The van der Waals surface area contributed by atoms with E-state index in [0.717, 1.165) is 18.5 Å². The highest BCUT2D eigenvalue weighted by Crippen LogP contribution is 2.29. The number of hydrogen-bond acceptors (Lipinski definition) is 4. The van der Waals surface area contributed by atoms with Gasteiger partial charge in [0.05, 0.1) is 12.2 Å². The van der Waals surface area contributed by atoms with Gasteiger partial charge in [-0.1, -0.05) is 12.1 Å². The molecule has 0 radical (unpaired) electrons. The lowest BCUT2D eigenvalue weighted by Gasteiger charge is -2.37. The number of rotatable bonds is 2. The molecule has 1 fully saturated rings. The number of carbonyl (C=O) groups excluding carboxylic acids is 2. The number of nitrogens with zero attached hydrogens (tertiary/aromatic N) is 1. The number of hydrogen-bond donors (Lipinski definition) is 2. The highest BCUT2D eigenvalue weighted by Gasteiger charge is 2.36. The number of primary amides is 1. The number of nitrogens with one attached hydrogen (secondary N) is 1. The number of benzene rings is 1. The molecule has 6 nitrogen and oxygen atoms in total. The van der Waals surface area contributed by atoms with Crippen molar-refractivity contribution in [3.8, 4) is 5.75 Å². The van der Waals surface area contributed by atoms with Gasteiger partial charge in [-0.3, -0.25) is 9.59 Å². The molecule has 0 aliphatic carbocycles. The summed E-state index contributed by atoms with van der Waals surface area (Å²) in [5.41, 5.74) is 6.29. The summed E-state index contributed by atoms with van der Waals surface area (Å²) in [6.07, 6.45) is 1.84. The molecular weight excluding hydrogens is 270 g/mol. The molecule has 6 heteroatoms. The maximum absolute atomic E-state index is 12.6. The molecule has 2 aliphatic heterocycles. The second-order valence-corrected chi connectivity index (χ2v) is 5.43. The normalized spacial score (nSPS) is 24.5. The van der Waals surface area contributed by atoms with Crippen molar-refractivity contribution in [3.63, 3.8) is 0 Å². The van der Waals surface area contributed by atoms with Gasteiger partial charge in [0.2, 0.25) is 5.91 Å². The third kappa shape index (κ3) is 2.66. The first-order valence-electron chi connectivity index (χ1n) is 7.26. The lowest BCUT2D eigenvalue weighted by molar-refractivity contribution is -0.146. The number of amides is 2. The second-order valence-electron chi connectivity index (χ2n) is 5.43. The quantitative estimate of drug-likeness (QED) is 0.840. The first kappa shape index (κ1) is 13.7. The minimum Gasteiger partial charge on any atom is -0.477 e. The Morgan fingerprint density at radius 2 is 2.10 bits per heavy atom. The molecule has 1 aromatic rings. The Bertz CT molecular complexity index is 561. The van der Waals surface area contributed by atoms with E-state index in [9.17, 15) is 9.59 Å². The number of nitrogens with two attached hydrogens (primary N) is 1. The zero-order valence-electron chi connectivity index (χ0n) is 11.7. The second kappa shape index (κ2) is 5.63. The van der Waals surface area contributed by atoms with Crippen LogP contribution in [0.4, 0.5) is 5.69 Å². The molecule has 2 atom stereocenters. The Hall–Kier alpha value is -2.24. The van der Waals surface area contributed by atoms with Crippen LogP contribution in [0.3, 0.4) is 0 Å². The molecule has 0 aromatic heterocycles. The number of fused-ring (bicyclic) bond motifs is 1. The summed E-state index contributed by atoms with van der Waals surface area (Å²) in [6.45, 7) is 0.964. The largest absolute Gasteiger partial charge is 0.477 e. The van der Waals surface area contributed by atoms with Gasteiger partial charge >= 0.3 is 0 Å². The third-order valence-corrected chi connectivity index (χ3v) is 4.02. The highest BCUT2D eigenvalue weighted by molar-refractivity contribution is 5.89. The standard InChI is InChI=1S/C15H19N3O3/c16-14(19)11-6-3-4-8-18(11)15(20)13-9-17-10-5-1-2-7-12(10)21-13/h1-2,5,7,11,13,17H,3-4,6,8-9H2,(H2,16,19). The Balaban J connectivity index is 1.75. The number of piperidine rings is 1. The van der Waals surface area contributed by atoms with Gasteiger partial charge in [-0.2, -0.15) is 0 Å². The molecule has 1 saturated heterocycles. The van der Waals surface area contributed by atoms with Crippen molar-refractivity contribution in [2.24, 2.45) is 5.73 Å². The van der Waals surface area contributed by atoms with Crippen molar-refractivity contribution in [1.82, 2.24) is 4.90 Å². The SMILES string of the molecule is NC(=O)C1CCCCN1C(=O)C1CNc2ccccc2O1. The van der Waals surface area contributed by atoms with Crippen LogP contribution >= 0.6 is 0 Å². The topological polar surface area (TPSA) is 84.7 Å². The van der Waals surface area contributed by atoms with E-state index in [0.29, 0.717) is 25.3 Å². The zero-order valence-corrected chi connectivity index (χ0v) is 11.7. The fourth-order valence-corrected chi connectivity index (χ4v) is 2.93. The van der Waals surface area contributed by atoms with Crippen LogP contribution < -0.4 is 15.8 Å². The van der Waals surface area contributed by atoms with Crippen LogP contribution in [-0.4, -0.2) is 41.9 Å². The van der Waals surface area contributed by atoms with Gasteiger partial charge in [0, 0.05) is 6.54 Å². The highest BCUT2D eigenvalue weighted by atomic mass is 16.5. The van der Waals surface area contributed by atoms with Crippen LogP contribution in [0, 0.1) is 0 Å². The number of para-hydroxylation sites is 2. The Morgan fingerprint density at radius 1 is 1.29 bits per heavy atom. The van der Waals surface area contributed by atoms with Crippen LogP contribution in [0.5, 0.6) is 5.75 Å². The molecule has 2 amide bonds. The van der Waals surface area contributed by atoms with E-state index in [1.54, 1.807) is 4.90 Å². The van der Waals surface area contributed by atoms with Gasteiger partial charge in [0.15, 0.2) is 6.10 Å². The predicted molar refractivity (Wildman–Crippen MR) is 77.9 cm³/mol. The molecule has 0 spiro atoms. The first-order chi connectivity index (χ1) is 10.2. The van der Waals surface area contributed by atoms with Crippen LogP contribution in [0.25, 0.3) is 0 Å². The van der Waals surface area contributed by atoms with E-state index >= 15 is 0 Å². The minimum atomic E-state index is -0.611. The molecule has 2 unspecified atom stereocenters. The molecule has 112 valence electrons. The lowest BCUT2D eigenvalue weighted by atomic mass is 10.0. The van der Waals surface area contributed by atoms with Gasteiger partial charge < -0.3 is 20.7 Å². The van der Waals surface area contributed by atoms with Gasteiger partial charge in [0.1, 0.15) is 11.8 Å². The predicted octanol–water partition coefficient (Wildman–Crippen LogP) is 0.726. The molecule has 3 N–H and O–H groups in total. The summed E-state index contributed by atoms with van der Waals surface area (Å²) in [5.74, 6) is 0.0578. The smallest absolute Gasteiger partial charge is 0.266 e. The van der Waals surface area contributed by atoms with Crippen molar-refractivity contribution in [2.75, 3.05) is 18.4 Å². The third-order valence-electron chi connectivity index (χ3n) is 4.02. The monoisotopic (exact) mass is 289 g/mol. The van der Waals surface area contributed by atoms with Gasteiger partial charge in [-0.15, -0.1) is 0 Å². The van der Waals surface area contributed by atoms with E-state index < -0.39 is 18.1 Å². The summed E-state index contributed by atoms with van der Waals surface area (Å²) in [4.78, 5) is 25.7. The first-order valence-corrected chi connectivity index (χ1v) is 7.26. The van der Waals surface area contributed by atoms with Gasteiger partial charge in [-0.25, -0.2) is 0 Å². The average molecular weight is 289 g/mol. The molecule has 21 heavy (non-hydrogen) atoms. The maximum atomic E-state index is 12.6. The number of ether oxygens (including phenoxy) is 1. The summed E-state index contributed by atoms with van der Waals surface area (Å²) in [7, 11) is 0. The summed E-state index contributed by atoms with van der Waals surface area (Å²) in [6, 6.07) is 6.99. The lowest BCUT2D eigenvalue weighted by Crippen LogP contribution is -2.56. The Morgan fingerprint density at radius 3 is 2.90 bits per heavy atom. The average Bonchev–Trinajstić information content (AvgIpc) is 2.53. The fourth-order valence-electron chi connectivity index (χ4n) is 2.93. The van der Waals surface area contributed by atoms with E-state index in [4.69, 9.17) is 10.5 Å². The number of anilines is 1. The van der Waals surface area contributed by atoms with Crippen LogP contribution in [0.1, 0.15) is 19.3 Å². The Kier molecular flexibility index (Phi) is 3.68. The van der Waals surface area contributed by atoms with Gasteiger partial charge in [0.25, 0.3) is 5.91 Å². The van der Waals surface area contributed by atoms with Crippen molar-refractivity contribution in [1.29, 1.82) is 0 Å². The van der Waals surface area contributed by atoms with Gasteiger partial charge in [-0.05, 0) is 31.4 Å². The van der Waals surface area contributed by atoms with E-state index in [1.165, 1.54) is 0 Å². The zero-order chi connectivity index (χ0) is 14.8. The minimum absolute atomic E-state index is 0.166. The molecule has 1 aromatic carbocycles. The summed E-state index contributed by atoms with van der Waals surface area (Å²) >= 11 is 0. The summed E-state index contributed by atoms with van der Waals surface area (Å²) < 4.78 is 5.77. The van der Waals surface area contributed by atoms with Crippen molar-refractivity contribution >= 4 is 17.5 Å². The Labute approximate surface area is 123 Å². The van der Waals surface area contributed by atoms with Crippen molar-refractivity contribution < 1.29 is 14.3 Å². The maximum Gasteiger partial charge on any atom is 0.266 e. The molecule has 0 saturated carbocycles. The number of carbonyl (C=O) groups is 2. The molecule has 2 heterocycles. The van der Waals surface area contributed by atoms with E-state index in [-0.39, 0.29) is 5.91 Å². The van der Waals surface area contributed by atoms with Crippen LogP contribution in [0.15, 0.2) is 24.3 Å². The van der Waals surface area contributed by atoms with Crippen molar-refractivity contribution in [3.05, 3.63) is 24.3 Å². The molecule has 0 bridgehead atoms. The van der Waals surface area contributed by atoms with Crippen LogP contribution in [0.2, 0.25) is 0 Å².